The molecule has 0 unspecified atom stereocenters. The first kappa shape index (κ1) is 16.1. The van der Waals surface area contributed by atoms with Gasteiger partial charge in [-0.05, 0) is 13.8 Å². The van der Waals surface area contributed by atoms with Crippen molar-refractivity contribution < 1.29 is 31.5 Å². The second-order valence-electron chi connectivity index (χ2n) is 3.76. The van der Waals surface area contributed by atoms with Crippen LogP contribution in [0.2, 0.25) is 0 Å². The van der Waals surface area contributed by atoms with Gasteiger partial charge in [-0.2, -0.15) is 13.2 Å². The van der Waals surface area contributed by atoms with Gasteiger partial charge in [0, 0.05) is 5.56 Å². The fourth-order valence-electron chi connectivity index (χ4n) is 1.54. The maximum Gasteiger partial charge on any atom is 0.432 e. The first-order valence-corrected chi connectivity index (χ1v) is 5.40. The number of carbonyl (C=O) groups is 1. The Hall–Kier alpha value is -1.93. The summed E-state index contributed by atoms with van der Waals surface area (Å²) in [6, 6.07) is 0. The number of ether oxygens (including phenoxy) is 1. The summed E-state index contributed by atoms with van der Waals surface area (Å²) in [5, 5.41) is 0. The second-order valence-corrected chi connectivity index (χ2v) is 3.76. The molecule has 0 amide bonds. The van der Waals surface area contributed by atoms with Gasteiger partial charge in [0.25, 0.3) is 6.43 Å². The van der Waals surface area contributed by atoms with E-state index >= 15 is 0 Å². The zero-order valence-electron chi connectivity index (χ0n) is 10.4. The Labute approximate surface area is 109 Å². The summed E-state index contributed by atoms with van der Waals surface area (Å²) in [6.07, 6.45) is -8.47. The van der Waals surface area contributed by atoms with E-state index in [2.05, 4.69) is 4.74 Å². The number of rotatable bonds is 3. The van der Waals surface area contributed by atoms with Crippen LogP contribution in [0.25, 0.3) is 0 Å². The highest BCUT2D eigenvalue weighted by Crippen LogP contribution is 2.32. The molecule has 9 heteroatoms. The summed E-state index contributed by atoms with van der Waals surface area (Å²) in [5.74, 6) is -1.51. The number of aromatic nitrogens is 1. The molecule has 0 bridgehead atoms. The Morgan fingerprint density at radius 1 is 1.35 bits per heavy atom. The summed E-state index contributed by atoms with van der Waals surface area (Å²) < 4.78 is 67.9. The Bertz CT molecular complexity index is 577. The van der Waals surface area contributed by atoms with Crippen molar-refractivity contribution >= 4 is 5.97 Å². The molecule has 20 heavy (non-hydrogen) atoms. The van der Waals surface area contributed by atoms with Crippen LogP contribution in [0.4, 0.5) is 22.0 Å². The highest BCUT2D eigenvalue weighted by atomic mass is 19.4. The summed E-state index contributed by atoms with van der Waals surface area (Å²) >= 11 is 0. The van der Waals surface area contributed by atoms with Crippen LogP contribution < -0.4 is 5.43 Å². The molecule has 0 aromatic carbocycles. The van der Waals surface area contributed by atoms with Gasteiger partial charge in [-0.3, -0.25) is 4.79 Å². The molecule has 1 aromatic rings. The van der Waals surface area contributed by atoms with Crippen LogP contribution in [0.5, 0.6) is 0 Å². The van der Waals surface area contributed by atoms with Crippen LogP contribution >= 0.6 is 0 Å². The molecule has 0 spiro atoms. The topological polar surface area (TPSA) is 59.2 Å². The van der Waals surface area contributed by atoms with Crippen molar-refractivity contribution in [2.45, 2.75) is 26.4 Å². The molecule has 0 aliphatic heterocycles. The smallest absolute Gasteiger partial charge is 0.432 e. The summed E-state index contributed by atoms with van der Waals surface area (Å²) in [7, 11) is 0. The minimum absolute atomic E-state index is 0.259. The van der Waals surface area contributed by atoms with E-state index in [0.29, 0.717) is 0 Å². The normalized spacial score (nSPS) is 11.8. The van der Waals surface area contributed by atoms with Crippen molar-refractivity contribution in [3.05, 3.63) is 32.7 Å². The molecule has 0 atom stereocenters. The van der Waals surface area contributed by atoms with Crippen LogP contribution in [-0.2, 0) is 10.9 Å². The second kappa shape index (κ2) is 5.59. The first-order chi connectivity index (χ1) is 9.11. The van der Waals surface area contributed by atoms with Gasteiger partial charge in [0.15, 0.2) is 5.43 Å². The predicted octanol–water partition coefficient (Wildman–Crippen LogP) is 2.82. The predicted molar refractivity (Wildman–Crippen MR) is 57.7 cm³/mol. The van der Waals surface area contributed by atoms with Gasteiger partial charge in [-0.1, -0.05) is 0 Å². The third-order valence-electron chi connectivity index (χ3n) is 2.46. The number of esters is 1. The minimum atomic E-state index is -5.17. The van der Waals surface area contributed by atoms with E-state index in [1.165, 1.54) is 11.9 Å². The van der Waals surface area contributed by atoms with Gasteiger partial charge >= 0.3 is 12.1 Å². The Balaban J connectivity index is 3.69. The average molecular weight is 299 g/mol. The molecule has 1 rings (SSSR count). The van der Waals surface area contributed by atoms with E-state index < -0.39 is 46.5 Å². The number of halogens is 5. The minimum Gasteiger partial charge on any atom is -0.462 e. The van der Waals surface area contributed by atoms with E-state index in [1.54, 1.807) is 0 Å². The molecule has 0 saturated carbocycles. The highest BCUT2D eigenvalue weighted by molar-refractivity contribution is 5.91. The van der Waals surface area contributed by atoms with Crippen LogP contribution in [0.15, 0.2) is 4.79 Å². The van der Waals surface area contributed by atoms with E-state index in [1.807, 2.05) is 0 Å². The molecule has 4 nitrogen and oxygen atoms in total. The number of hydrogen-bond acceptors (Lipinski definition) is 3. The van der Waals surface area contributed by atoms with E-state index in [0.717, 1.165) is 6.92 Å². The average Bonchev–Trinajstić information content (AvgIpc) is 2.30. The molecular formula is C11H10F5NO3. The van der Waals surface area contributed by atoms with Crippen molar-refractivity contribution in [1.29, 1.82) is 0 Å². The van der Waals surface area contributed by atoms with E-state index in [9.17, 15) is 31.5 Å². The highest BCUT2D eigenvalue weighted by Gasteiger charge is 2.40. The Morgan fingerprint density at radius 2 is 1.90 bits per heavy atom. The maximum atomic E-state index is 12.8. The quantitative estimate of drug-likeness (QED) is 0.689. The van der Waals surface area contributed by atoms with Gasteiger partial charge < -0.3 is 9.72 Å². The third kappa shape index (κ3) is 2.97. The number of aromatic amines is 1. The maximum absolute atomic E-state index is 12.8. The molecule has 1 heterocycles. The van der Waals surface area contributed by atoms with Gasteiger partial charge in [0.2, 0.25) is 0 Å². The molecule has 0 fully saturated rings. The lowest BCUT2D eigenvalue weighted by Crippen LogP contribution is -2.29. The molecule has 1 aromatic heterocycles. The van der Waals surface area contributed by atoms with E-state index in [4.69, 9.17) is 0 Å². The van der Waals surface area contributed by atoms with Crippen molar-refractivity contribution in [3.63, 3.8) is 0 Å². The third-order valence-corrected chi connectivity index (χ3v) is 2.46. The van der Waals surface area contributed by atoms with Gasteiger partial charge in [0.05, 0.1) is 12.3 Å². The SMILES string of the molecule is CCOC(=O)c1c(C(F)(F)F)[nH]c(C(F)F)c(C)c1=O. The molecule has 0 aliphatic rings. The van der Waals surface area contributed by atoms with Gasteiger partial charge in [0.1, 0.15) is 11.3 Å². The van der Waals surface area contributed by atoms with Crippen molar-refractivity contribution in [1.82, 2.24) is 4.98 Å². The molecule has 1 N–H and O–H groups in total. The number of nitrogens with one attached hydrogen (secondary N) is 1. The van der Waals surface area contributed by atoms with Crippen LogP contribution in [0, 0.1) is 6.92 Å². The molecular weight excluding hydrogens is 289 g/mol. The molecule has 0 radical (unpaired) electrons. The van der Waals surface area contributed by atoms with Gasteiger partial charge in [-0.25, -0.2) is 13.6 Å². The zero-order chi connectivity index (χ0) is 15.7. The lowest BCUT2D eigenvalue weighted by molar-refractivity contribution is -0.142. The summed E-state index contributed by atoms with van der Waals surface area (Å²) in [5.41, 5.74) is -6.40. The first-order valence-electron chi connectivity index (χ1n) is 5.40. The van der Waals surface area contributed by atoms with Crippen LogP contribution in [-0.4, -0.2) is 17.6 Å². The largest absolute Gasteiger partial charge is 0.462 e. The summed E-state index contributed by atoms with van der Waals surface area (Å²) in [6.45, 7) is 1.98. The van der Waals surface area contributed by atoms with Crippen molar-refractivity contribution in [2.75, 3.05) is 6.61 Å². The summed E-state index contributed by atoms with van der Waals surface area (Å²) in [4.78, 5) is 24.6. The van der Waals surface area contributed by atoms with Crippen molar-refractivity contribution in [2.24, 2.45) is 0 Å². The van der Waals surface area contributed by atoms with Crippen LogP contribution in [0.1, 0.15) is 40.7 Å². The monoisotopic (exact) mass is 299 g/mol. The Morgan fingerprint density at radius 3 is 2.30 bits per heavy atom. The fraction of sp³-hybridized carbons (Fsp3) is 0.455. The number of pyridine rings is 1. The fourth-order valence-corrected chi connectivity index (χ4v) is 1.54. The lowest BCUT2D eigenvalue weighted by Gasteiger charge is -2.15. The lowest BCUT2D eigenvalue weighted by atomic mass is 10.1. The number of hydrogen-bond donors (Lipinski definition) is 1. The number of H-pyrrole nitrogens is 1. The van der Waals surface area contributed by atoms with Crippen molar-refractivity contribution in [3.8, 4) is 0 Å². The Kier molecular flexibility index (Phi) is 4.51. The molecule has 0 saturated heterocycles. The number of alkyl halides is 5. The van der Waals surface area contributed by atoms with Crippen LogP contribution in [0.3, 0.4) is 0 Å². The standard InChI is InChI=1S/C11H10F5NO3/c1-3-20-10(19)5-7(18)4(2)6(9(12)13)17-8(5)11(14,15)16/h9H,3H2,1-2H3,(H,17,18). The van der Waals surface area contributed by atoms with E-state index in [-0.39, 0.29) is 6.61 Å². The molecule has 0 aliphatic carbocycles. The number of carbonyl (C=O) groups excluding carboxylic acids is 1. The molecule has 112 valence electrons. The van der Waals surface area contributed by atoms with Gasteiger partial charge in [-0.15, -0.1) is 0 Å². The zero-order valence-corrected chi connectivity index (χ0v) is 10.4.